The van der Waals surface area contributed by atoms with E-state index in [1.54, 1.807) is 22.5 Å². The van der Waals surface area contributed by atoms with Gasteiger partial charge in [0.25, 0.3) is 0 Å². The van der Waals surface area contributed by atoms with Crippen molar-refractivity contribution in [2.45, 2.75) is 18.2 Å². The summed E-state index contributed by atoms with van der Waals surface area (Å²) in [5.74, 6) is -0.0836. The van der Waals surface area contributed by atoms with Crippen molar-refractivity contribution < 1.29 is 18.1 Å². The summed E-state index contributed by atoms with van der Waals surface area (Å²) in [6.45, 7) is 5.95. The Morgan fingerprint density at radius 2 is 2.00 bits per heavy atom. The predicted octanol–water partition coefficient (Wildman–Crippen LogP) is -0.910. The van der Waals surface area contributed by atoms with Crippen LogP contribution < -0.4 is 10.2 Å². The molecule has 0 atom stereocenters. The number of amides is 1. The van der Waals surface area contributed by atoms with Crippen LogP contribution in [0, 0.1) is 0 Å². The Labute approximate surface area is 124 Å². The van der Waals surface area contributed by atoms with Gasteiger partial charge in [-0.2, -0.15) is 4.31 Å². The van der Waals surface area contributed by atoms with E-state index in [0.717, 1.165) is 30.9 Å². The molecule has 0 bridgehead atoms. The largest absolute Gasteiger partial charge is 0.333 e. The van der Waals surface area contributed by atoms with E-state index in [4.69, 9.17) is 0 Å². The van der Waals surface area contributed by atoms with E-state index >= 15 is 0 Å². The van der Waals surface area contributed by atoms with Gasteiger partial charge in [-0.05, 0) is 30.7 Å². The molecular weight excluding hydrogens is 290 g/mol. The highest BCUT2D eigenvalue weighted by Crippen LogP contribution is 2.27. The number of piperazine rings is 1. The fraction of sp³-hybridized carbons (Fsp3) is 0.500. The number of fused-ring (bicyclic) bond motifs is 1. The zero-order valence-corrected chi connectivity index (χ0v) is 12.9. The Balaban J connectivity index is 1.83. The number of quaternary nitrogens is 1. The van der Waals surface area contributed by atoms with Crippen LogP contribution in [0.4, 0.5) is 5.69 Å². The Kier molecular flexibility index (Phi) is 3.73. The number of rotatable bonds is 3. The van der Waals surface area contributed by atoms with Gasteiger partial charge in [0.2, 0.25) is 15.9 Å². The van der Waals surface area contributed by atoms with Crippen LogP contribution in [0.3, 0.4) is 0 Å². The molecule has 21 heavy (non-hydrogen) atoms. The van der Waals surface area contributed by atoms with Crippen LogP contribution >= 0.6 is 0 Å². The number of hydrogen-bond acceptors (Lipinski definition) is 3. The molecule has 0 aliphatic carbocycles. The summed E-state index contributed by atoms with van der Waals surface area (Å²) >= 11 is 0. The van der Waals surface area contributed by atoms with E-state index in [1.165, 1.54) is 4.90 Å². The van der Waals surface area contributed by atoms with Crippen molar-refractivity contribution in [1.82, 2.24) is 4.31 Å². The van der Waals surface area contributed by atoms with Gasteiger partial charge < -0.3 is 10.2 Å². The number of benzene rings is 1. The fourth-order valence-electron chi connectivity index (χ4n) is 2.91. The van der Waals surface area contributed by atoms with Crippen molar-refractivity contribution >= 4 is 21.6 Å². The number of hydrogen-bond donors (Lipinski definition) is 2. The van der Waals surface area contributed by atoms with E-state index in [2.05, 4.69) is 12.2 Å². The molecule has 0 spiro atoms. The molecule has 7 heteroatoms. The maximum absolute atomic E-state index is 12.7. The van der Waals surface area contributed by atoms with Gasteiger partial charge in [0.15, 0.2) is 0 Å². The highest BCUT2D eigenvalue weighted by molar-refractivity contribution is 7.89. The first kappa shape index (κ1) is 14.5. The van der Waals surface area contributed by atoms with Gasteiger partial charge in [-0.1, -0.05) is 0 Å². The van der Waals surface area contributed by atoms with Gasteiger partial charge in [0, 0.05) is 5.69 Å². The quantitative estimate of drug-likeness (QED) is 0.759. The third-order valence-corrected chi connectivity index (χ3v) is 6.16. The van der Waals surface area contributed by atoms with Crippen molar-refractivity contribution in [2.24, 2.45) is 0 Å². The van der Waals surface area contributed by atoms with Gasteiger partial charge in [-0.15, -0.1) is 0 Å². The van der Waals surface area contributed by atoms with Crippen LogP contribution in [-0.4, -0.2) is 51.4 Å². The zero-order chi connectivity index (χ0) is 15.0. The zero-order valence-electron chi connectivity index (χ0n) is 12.1. The van der Waals surface area contributed by atoms with Crippen LogP contribution in [0.2, 0.25) is 0 Å². The molecule has 1 amide bonds. The van der Waals surface area contributed by atoms with Crippen molar-refractivity contribution in [3.05, 3.63) is 23.8 Å². The SMILES string of the molecule is CC[NH+]1CCN(S(=O)(=O)c2ccc3c(c2)CC(=O)N3)CC1. The van der Waals surface area contributed by atoms with Crippen molar-refractivity contribution in [3.63, 3.8) is 0 Å². The third kappa shape index (κ3) is 2.68. The summed E-state index contributed by atoms with van der Waals surface area (Å²) < 4.78 is 26.9. The minimum atomic E-state index is -3.45. The lowest BCUT2D eigenvalue weighted by Crippen LogP contribution is -3.14. The molecule has 2 aliphatic heterocycles. The van der Waals surface area contributed by atoms with Gasteiger partial charge in [-0.25, -0.2) is 8.42 Å². The maximum atomic E-state index is 12.7. The van der Waals surface area contributed by atoms with Crippen molar-refractivity contribution in [1.29, 1.82) is 0 Å². The van der Waals surface area contributed by atoms with Gasteiger partial charge in [0.05, 0.1) is 44.0 Å². The van der Waals surface area contributed by atoms with E-state index in [1.807, 2.05) is 0 Å². The summed E-state index contributed by atoms with van der Waals surface area (Å²) in [6, 6.07) is 4.89. The van der Waals surface area contributed by atoms with Crippen LogP contribution in [0.5, 0.6) is 0 Å². The molecule has 3 rings (SSSR count). The maximum Gasteiger partial charge on any atom is 0.243 e. The third-order valence-electron chi connectivity index (χ3n) is 4.27. The number of nitrogens with one attached hydrogen (secondary N) is 2. The highest BCUT2D eigenvalue weighted by atomic mass is 32.2. The Morgan fingerprint density at radius 1 is 1.29 bits per heavy atom. The monoisotopic (exact) mass is 310 g/mol. The normalized spacial score (nSPS) is 20.3. The van der Waals surface area contributed by atoms with Gasteiger partial charge in [0.1, 0.15) is 0 Å². The molecule has 0 radical (unpaired) electrons. The second kappa shape index (κ2) is 5.40. The van der Waals surface area contributed by atoms with E-state index < -0.39 is 10.0 Å². The summed E-state index contributed by atoms with van der Waals surface area (Å²) in [6.07, 6.45) is 0.256. The molecule has 0 aromatic heterocycles. The lowest BCUT2D eigenvalue weighted by molar-refractivity contribution is -0.901. The fourth-order valence-corrected chi connectivity index (χ4v) is 4.40. The molecule has 1 fully saturated rings. The second-order valence-electron chi connectivity index (χ2n) is 5.55. The average Bonchev–Trinajstić information content (AvgIpc) is 2.86. The molecule has 1 aromatic carbocycles. The topological polar surface area (TPSA) is 70.9 Å². The van der Waals surface area contributed by atoms with Crippen LogP contribution in [0.1, 0.15) is 12.5 Å². The summed E-state index contributed by atoms with van der Waals surface area (Å²) in [5.41, 5.74) is 1.48. The Hall–Kier alpha value is -1.44. The molecule has 0 saturated carbocycles. The van der Waals surface area contributed by atoms with Gasteiger partial charge >= 0.3 is 0 Å². The highest BCUT2D eigenvalue weighted by Gasteiger charge is 2.31. The first-order chi connectivity index (χ1) is 10.0. The summed E-state index contributed by atoms with van der Waals surface area (Å²) in [7, 11) is -3.45. The minimum Gasteiger partial charge on any atom is -0.333 e. The number of sulfonamides is 1. The smallest absolute Gasteiger partial charge is 0.243 e. The molecular formula is C14H20N3O3S+. The lowest BCUT2D eigenvalue weighted by atomic mass is 10.2. The standard InChI is InChI=1S/C14H19N3O3S/c1-2-16-5-7-17(8-6-16)21(19,20)12-3-4-13-11(9-12)10-14(18)15-13/h3-4,9H,2,5-8,10H2,1H3,(H,15,18)/p+1. The Morgan fingerprint density at radius 3 is 2.67 bits per heavy atom. The van der Waals surface area contributed by atoms with Crippen molar-refractivity contribution in [2.75, 3.05) is 38.0 Å². The Bertz CT molecular complexity index is 664. The number of carbonyl (C=O) groups excluding carboxylic acids is 1. The molecule has 2 heterocycles. The number of nitrogens with zero attached hydrogens (tertiary/aromatic N) is 1. The summed E-state index contributed by atoms with van der Waals surface area (Å²) in [5, 5.41) is 2.72. The van der Waals surface area contributed by atoms with Crippen LogP contribution in [0.25, 0.3) is 0 Å². The molecule has 114 valence electrons. The molecule has 6 nitrogen and oxygen atoms in total. The number of anilines is 1. The van der Waals surface area contributed by atoms with E-state index in [9.17, 15) is 13.2 Å². The molecule has 1 saturated heterocycles. The first-order valence-corrected chi connectivity index (χ1v) is 8.71. The van der Waals surface area contributed by atoms with E-state index in [-0.39, 0.29) is 17.2 Å². The minimum absolute atomic E-state index is 0.0836. The average molecular weight is 310 g/mol. The summed E-state index contributed by atoms with van der Waals surface area (Å²) in [4.78, 5) is 13.1. The predicted molar refractivity (Wildman–Crippen MR) is 78.8 cm³/mol. The van der Waals surface area contributed by atoms with E-state index in [0.29, 0.717) is 13.1 Å². The molecule has 0 unspecified atom stereocenters. The molecule has 2 N–H and O–H groups in total. The molecule has 1 aromatic rings. The van der Waals surface area contributed by atoms with Crippen LogP contribution in [0.15, 0.2) is 23.1 Å². The van der Waals surface area contributed by atoms with Crippen LogP contribution in [-0.2, 0) is 21.2 Å². The van der Waals surface area contributed by atoms with Gasteiger partial charge in [-0.3, -0.25) is 4.79 Å². The second-order valence-corrected chi connectivity index (χ2v) is 7.49. The number of likely N-dealkylation sites (N-methyl/N-ethyl adjacent to an activating group) is 1. The molecule has 2 aliphatic rings. The number of carbonyl (C=O) groups is 1. The van der Waals surface area contributed by atoms with Crippen molar-refractivity contribution in [3.8, 4) is 0 Å². The first-order valence-electron chi connectivity index (χ1n) is 7.27. The lowest BCUT2D eigenvalue weighted by Gasteiger charge is -2.30.